The summed E-state index contributed by atoms with van der Waals surface area (Å²) in [4.78, 5) is 24.2. The third-order valence-corrected chi connectivity index (χ3v) is 4.19. The van der Waals surface area contributed by atoms with Gasteiger partial charge in [0.2, 0.25) is 0 Å². The summed E-state index contributed by atoms with van der Waals surface area (Å²) < 4.78 is 0. The Morgan fingerprint density at radius 2 is 1.52 bits per heavy atom. The fourth-order valence-electron chi connectivity index (χ4n) is 3.02. The number of hydrogen-bond donors (Lipinski definition) is 2. The minimum Gasteiger partial charge on any atom is -0.318 e. The van der Waals surface area contributed by atoms with E-state index in [1.165, 1.54) is 0 Å². The molecule has 0 radical (unpaired) electrons. The number of fused-ring (bicyclic) bond motifs is 1. The first-order valence-corrected chi connectivity index (χ1v) is 8.66. The number of nitrogens with zero attached hydrogens (tertiary/aromatic N) is 1. The van der Waals surface area contributed by atoms with Crippen LogP contribution in [0.3, 0.4) is 0 Å². The van der Waals surface area contributed by atoms with E-state index in [2.05, 4.69) is 15.8 Å². The first-order chi connectivity index (χ1) is 12.9. The Balaban J connectivity index is 1.72. The second-order valence-electron chi connectivity index (χ2n) is 6.50. The molecular weight excluding hydrogens is 338 g/mol. The normalized spacial score (nSPS) is 11.3. The Morgan fingerprint density at radius 1 is 0.852 bits per heavy atom. The molecule has 3 rings (SSSR count). The number of nitrogens with one attached hydrogen (secondary N) is 2. The smallest absolute Gasteiger partial charge is 0.318 e. The molecule has 0 bridgehead atoms. The highest BCUT2D eigenvalue weighted by Crippen LogP contribution is 2.19. The fraction of sp³-hybridized carbons (Fsp3) is 0.136. The van der Waals surface area contributed by atoms with Gasteiger partial charge in [-0.25, -0.2) is 5.43 Å². The number of anilines is 1. The second kappa shape index (κ2) is 7.83. The minimum atomic E-state index is -0.811. The maximum Gasteiger partial charge on any atom is 0.329 e. The average molecular weight is 359 g/mol. The van der Waals surface area contributed by atoms with Crippen LogP contribution in [-0.2, 0) is 9.59 Å². The Labute approximate surface area is 158 Å². The van der Waals surface area contributed by atoms with E-state index in [4.69, 9.17) is 0 Å². The van der Waals surface area contributed by atoms with E-state index in [0.717, 1.165) is 27.5 Å². The third kappa shape index (κ3) is 4.39. The van der Waals surface area contributed by atoms with Crippen molar-refractivity contribution >= 4 is 34.0 Å². The van der Waals surface area contributed by atoms with Crippen molar-refractivity contribution in [2.45, 2.75) is 20.8 Å². The molecule has 0 aliphatic rings. The van der Waals surface area contributed by atoms with Crippen molar-refractivity contribution in [1.29, 1.82) is 0 Å². The highest BCUT2D eigenvalue weighted by Gasteiger charge is 2.14. The van der Waals surface area contributed by atoms with Crippen LogP contribution in [0.5, 0.6) is 0 Å². The van der Waals surface area contributed by atoms with Gasteiger partial charge in [-0.05, 0) is 54.8 Å². The largest absolute Gasteiger partial charge is 0.329 e. The summed E-state index contributed by atoms with van der Waals surface area (Å²) >= 11 is 0. The van der Waals surface area contributed by atoms with Crippen molar-refractivity contribution in [3.8, 4) is 0 Å². The van der Waals surface area contributed by atoms with Gasteiger partial charge < -0.3 is 5.32 Å². The van der Waals surface area contributed by atoms with Crippen molar-refractivity contribution in [1.82, 2.24) is 5.43 Å². The number of hydrogen-bond acceptors (Lipinski definition) is 3. The van der Waals surface area contributed by atoms with E-state index in [9.17, 15) is 9.59 Å². The summed E-state index contributed by atoms with van der Waals surface area (Å²) in [5.41, 5.74) is 6.47. The monoisotopic (exact) mass is 359 g/mol. The quantitative estimate of drug-likeness (QED) is 0.422. The molecule has 0 unspecified atom stereocenters. The number of aryl methyl sites for hydroxylation is 2. The fourth-order valence-corrected chi connectivity index (χ4v) is 3.02. The van der Waals surface area contributed by atoms with E-state index in [1.54, 1.807) is 6.92 Å². The molecule has 0 spiro atoms. The standard InChI is InChI=1S/C22H21N3O2/c1-14-11-15(2)13-18(12-14)23-21(26)22(27)25-24-16(3)19-10-6-8-17-7-4-5-9-20(17)19/h4-13H,1-3H3,(H,23,26)(H,25,27)/b24-16+. The molecule has 27 heavy (non-hydrogen) atoms. The number of benzene rings is 3. The van der Waals surface area contributed by atoms with Gasteiger partial charge in [0.1, 0.15) is 0 Å². The van der Waals surface area contributed by atoms with Crippen LogP contribution in [0, 0.1) is 13.8 Å². The maximum absolute atomic E-state index is 12.1. The van der Waals surface area contributed by atoms with Gasteiger partial charge in [-0.1, -0.05) is 48.5 Å². The van der Waals surface area contributed by atoms with Crippen LogP contribution < -0.4 is 10.7 Å². The van der Waals surface area contributed by atoms with Crippen molar-refractivity contribution in [3.05, 3.63) is 77.4 Å². The number of carbonyl (C=O) groups is 2. The molecule has 0 saturated carbocycles. The average Bonchev–Trinajstić information content (AvgIpc) is 2.64. The van der Waals surface area contributed by atoms with Crippen LogP contribution in [0.15, 0.2) is 65.8 Å². The number of amides is 2. The number of carbonyl (C=O) groups excluding carboxylic acids is 2. The van der Waals surface area contributed by atoms with Gasteiger partial charge in [-0.3, -0.25) is 9.59 Å². The van der Waals surface area contributed by atoms with Gasteiger partial charge in [0, 0.05) is 11.3 Å². The molecule has 2 N–H and O–H groups in total. The molecule has 3 aromatic rings. The van der Waals surface area contributed by atoms with Gasteiger partial charge >= 0.3 is 11.8 Å². The highest BCUT2D eigenvalue weighted by atomic mass is 16.2. The van der Waals surface area contributed by atoms with Crippen LogP contribution >= 0.6 is 0 Å². The number of hydrazone groups is 1. The molecule has 0 saturated heterocycles. The Bertz CT molecular complexity index is 1030. The van der Waals surface area contributed by atoms with Crippen molar-refractivity contribution in [2.24, 2.45) is 5.10 Å². The van der Waals surface area contributed by atoms with Gasteiger partial charge in [0.05, 0.1) is 5.71 Å². The van der Waals surface area contributed by atoms with Crippen molar-refractivity contribution < 1.29 is 9.59 Å². The van der Waals surface area contributed by atoms with Gasteiger partial charge in [-0.2, -0.15) is 5.10 Å². The zero-order valence-corrected chi connectivity index (χ0v) is 15.5. The van der Waals surface area contributed by atoms with Gasteiger partial charge in [0.25, 0.3) is 0 Å². The second-order valence-corrected chi connectivity index (χ2v) is 6.50. The van der Waals surface area contributed by atoms with Gasteiger partial charge in [-0.15, -0.1) is 0 Å². The lowest BCUT2D eigenvalue weighted by Gasteiger charge is -2.08. The molecule has 3 aromatic carbocycles. The molecule has 136 valence electrons. The van der Waals surface area contributed by atoms with E-state index in [0.29, 0.717) is 11.4 Å². The van der Waals surface area contributed by atoms with E-state index >= 15 is 0 Å². The van der Waals surface area contributed by atoms with Crippen LogP contribution in [0.4, 0.5) is 5.69 Å². The van der Waals surface area contributed by atoms with Crippen LogP contribution in [0.25, 0.3) is 10.8 Å². The predicted octanol–water partition coefficient (Wildman–Crippen LogP) is 3.94. The molecule has 0 aromatic heterocycles. The Morgan fingerprint density at radius 3 is 2.26 bits per heavy atom. The summed E-state index contributed by atoms with van der Waals surface area (Å²) in [5, 5.41) is 8.82. The van der Waals surface area contributed by atoms with E-state index in [-0.39, 0.29) is 0 Å². The van der Waals surface area contributed by atoms with Crippen LogP contribution in [0.1, 0.15) is 23.6 Å². The predicted molar refractivity (Wildman–Crippen MR) is 109 cm³/mol. The Hall–Kier alpha value is -3.47. The molecule has 0 heterocycles. The SMILES string of the molecule is C/C(=N\NC(=O)C(=O)Nc1cc(C)cc(C)c1)c1cccc2ccccc12. The summed E-state index contributed by atoms with van der Waals surface area (Å²) in [6, 6.07) is 19.4. The lowest BCUT2D eigenvalue weighted by Crippen LogP contribution is -2.33. The molecule has 2 amide bonds. The summed E-state index contributed by atoms with van der Waals surface area (Å²) in [6.07, 6.45) is 0. The topological polar surface area (TPSA) is 70.6 Å². The zero-order chi connectivity index (χ0) is 19.4. The van der Waals surface area contributed by atoms with E-state index < -0.39 is 11.8 Å². The number of rotatable bonds is 3. The molecule has 5 nitrogen and oxygen atoms in total. The summed E-state index contributed by atoms with van der Waals surface area (Å²) in [5.74, 6) is -1.57. The summed E-state index contributed by atoms with van der Waals surface area (Å²) in [6.45, 7) is 5.66. The molecule has 0 aliphatic carbocycles. The van der Waals surface area contributed by atoms with E-state index in [1.807, 2.05) is 74.5 Å². The first kappa shape index (κ1) is 18.3. The van der Waals surface area contributed by atoms with Crippen molar-refractivity contribution in [2.75, 3.05) is 5.32 Å². The maximum atomic E-state index is 12.1. The molecule has 5 heteroatoms. The van der Waals surface area contributed by atoms with Crippen LogP contribution in [0.2, 0.25) is 0 Å². The zero-order valence-electron chi connectivity index (χ0n) is 15.5. The lowest BCUT2D eigenvalue weighted by atomic mass is 10.0. The molecular formula is C22H21N3O2. The third-order valence-electron chi connectivity index (χ3n) is 4.19. The Kier molecular flexibility index (Phi) is 5.31. The summed E-state index contributed by atoms with van der Waals surface area (Å²) in [7, 11) is 0. The molecule has 0 atom stereocenters. The highest BCUT2D eigenvalue weighted by molar-refractivity contribution is 6.39. The first-order valence-electron chi connectivity index (χ1n) is 8.66. The lowest BCUT2D eigenvalue weighted by molar-refractivity contribution is -0.136. The minimum absolute atomic E-state index is 0.586. The van der Waals surface area contributed by atoms with Crippen LogP contribution in [-0.4, -0.2) is 17.5 Å². The van der Waals surface area contributed by atoms with Gasteiger partial charge in [0.15, 0.2) is 0 Å². The molecule has 0 aliphatic heterocycles. The van der Waals surface area contributed by atoms with Crippen molar-refractivity contribution in [3.63, 3.8) is 0 Å². The molecule has 0 fully saturated rings.